The number of imidazole rings is 1. The largest absolute Gasteiger partial charge is 0.466 e. The van der Waals surface area contributed by atoms with Gasteiger partial charge in [0.2, 0.25) is 5.91 Å². The van der Waals surface area contributed by atoms with E-state index in [1.54, 1.807) is 19.1 Å². The van der Waals surface area contributed by atoms with Gasteiger partial charge in [0.1, 0.15) is 17.2 Å². The van der Waals surface area contributed by atoms with Gasteiger partial charge in [-0.15, -0.1) is 0 Å². The lowest BCUT2D eigenvalue weighted by Gasteiger charge is -2.39. The molecule has 214 valence electrons. The van der Waals surface area contributed by atoms with Gasteiger partial charge in [0.15, 0.2) is 0 Å². The maximum absolute atomic E-state index is 13.7. The SMILES string of the molecule is CCOC(=O)CCN(Cc1nc2c(C)c(C(C)(C(=O)N3CCCC3)N(C)C)ccc2[nH]1)c1ccc(C(=N)N)cc1. The van der Waals surface area contributed by atoms with Crippen LogP contribution in [0.3, 0.4) is 0 Å². The molecule has 1 unspecified atom stereocenters. The van der Waals surface area contributed by atoms with Crippen LogP contribution in [0.1, 0.15) is 55.6 Å². The summed E-state index contributed by atoms with van der Waals surface area (Å²) in [6, 6.07) is 11.4. The van der Waals surface area contributed by atoms with Crippen molar-refractivity contribution >= 4 is 34.4 Å². The number of nitrogens with two attached hydrogens (primary N) is 1. The molecule has 0 aliphatic carbocycles. The quantitative estimate of drug-likeness (QED) is 0.190. The number of amidine groups is 1. The molecule has 0 bridgehead atoms. The molecule has 1 amide bonds. The highest BCUT2D eigenvalue weighted by molar-refractivity contribution is 5.95. The molecule has 1 aliphatic heterocycles. The minimum absolute atomic E-state index is 0.00104. The zero-order chi connectivity index (χ0) is 29.0. The number of nitrogen functional groups attached to an aromatic ring is 1. The molecule has 40 heavy (non-hydrogen) atoms. The van der Waals surface area contributed by atoms with E-state index in [1.165, 1.54) is 0 Å². The van der Waals surface area contributed by atoms with E-state index in [-0.39, 0.29) is 24.1 Å². The van der Waals surface area contributed by atoms with Crippen molar-refractivity contribution in [3.05, 3.63) is 58.9 Å². The molecule has 4 rings (SSSR count). The Balaban J connectivity index is 1.66. The number of nitrogens with one attached hydrogen (secondary N) is 2. The first-order chi connectivity index (χ1) is 19.1. The van der Waals surface area contributed by atoms with Gasteiger partial charge in [-0.1, -0.05) is 6.07 Å². The number of carbonyl (C=O) groups excluding carboxylic acids is 2. The molecule has 1 fully saturated rings. The highest BCUT2D eigenvalue weighted by Gasteiger charge is 2.42. The fourth-order valence-electron chi connectivity index (χ4n) is 5.43. The molecule has 1 aromatic heterocycles. The third kappa shape index (κ3) is 5.82. The van der Waals surface area contributed by atoms with E-state index >= 15 is 0 Å². The highest BCUT2D eigenvalue weighted by atomic mass is 16.5. The van der Waals surface area contributed by atoms with Crippen LogP contribution in [-0.2, 0) is 26.4 Å². The highest BCUT2D eigenvalue weighted by Crippen LogP contribution is 2.35. The molecule has 10 nitrogen and oxygen atoms in total. The molecule has 2 aromatic carbocycles. The predicted molar refractivity (Wildman–Crippen MR) is 157 cm³/mol. The number of aromatic nitrogens is 2. The van der Waals surface area contributed by atoms with Gasteiger partial charge >= 0.3 is 5.97 Å². The van der Waals surface area contributed by atoms with Crippen molar-refractivity contribution in [1.29, 1.82) is 5.41 Å². The summed E-state index contributed by atoms with van der Waals surface area (Å²) in [6.45, 7) is 8.61. The van der Waals surface area contributed by atoms with E-state index < -0.39 is 5.54 Å². The van der Waals surface area contributed by atoms with Gasteiger partial charge in [-0.25, -0.2) is 4.98 Å². The number of nitrogens with zero attached hydrogens (tertiary/aromatic N) is 4. The maximum Gasteiger partial charge on any atom is 0.307 e. The first kappa shape index (κ1) is 29.1. The van der Waals surface area contributed by atoms with Gasteiger partial charge < -0.3 is 25.3 Å². The minimum Gasteiger partial charge on any atom is -0.466 e. The Morgan fingerprint density at radius 1 is 1.15 bits per heavy atom. The van der Waals surface area contributed by atoms with Crippen LogP contribution in [0.25, 0.3) is 11.0 Å². The number of hydrogen-bond donors (Lipinski definition) is 3. The van der Waals surface area contributed by atoms with E-state index in [0.717, 1.165) is 59.6 Å². The van der Waals surface area contributed by atoms with Gasteiger partial charge in [-0.05, 0) is 89.2 Å². The van der Waals surface area contributed by atoms with Gasteiger partial charge in [-0.2, -0.15) is 0 Å². The second-order valence-corrected chi connectivity index (χ2v) is 10.7. The number of aryl methyl sites for hydroxylation is 1. The molecule has 2 heterocycles. The standard InChI is InChI=1S/C30H41N7O3/c1-6-40-26(38)15-18-37(22-11-9-21(10-12-22)28(31)32)19-25-33-24-14-13-23(20(2)27(24)34-25)30(3,35(4)5)29(39)36-16-7-8-17-36/h9-14H,6-8,15-19H2,1-5H3,(H3,31,32)(H,33,34). The summed E-state index contributed by atoms with van der Waals surface area (Å²) in [5.41, 5.74) is 9.96. The average molecular weight is 548 g/mol. The van der Waals surface area contributed by atoms with Gasteiger partial charge in [0.05, 0.1) is 30.6 Å². The number of likely N-dealkylation sites (tertiary alicyclic amines) is 1. The number of fused-ring (bicyclic) bond motifs is 1. The molecule has 0 radical (unpaired) electrons. The number of likely N-dealkylation sites (N-methyl/N-ethyl adjacent to an activating group) is 1. The second kappa shape index (κ2) is 12.1. The van der Waals surface area contributed by atoms with Crippen molar-refractivity contribution < 1.29 is 14.3 Å². The fraction of sp³-hybridized carbons (Fsp3) is 0.467. The van der Waals surface area contributed by atoms with Crippen LogP contribution < -0.4 is 10.6 Å². The van der Waals surface area contributed by atoms with Crippen molar-refractivity contribution in [1.82, 2.24) is 19.8 Å². The van der Waals surface area contributed by atoms with Crippen molar-refractivity contribution in [2.45, 2.75) is 52.1 Å². The number of ether oxygens (including phenoxy) is 1. The lowest BCUT2D eigenvalue weighted by atomic mass is 9.85. The molecule has 10 heteroatoms. The number of amides is 1. The third-order valence-electron chi connectivity index (χ3n) is 7.96. The summed E-state index contributed by atoms with van der Waals surface area (Å²) in [5, 5.41) is 7.68. The number of benzene rings is 2. The Hall–Kier alpha value is -3.92. The Bertz CT molecular complexity index is 1380. The first-order valence-corrected chi connectivity index (χ1v) is 13.9. The first-order valence-electron chi connectivity index (χ1n) is 13.9. The van der Waals surface area contributed by atoms with Crippen molar-refractivity contribution in [3.8, 4) is 0 Å². The summed E-state index contributed by atoms with van der Waals surface area (Å²) < 4.78 is 5.14. The van der Waals surface area contributed by atoms with Gasteiger partial charge in [-0.3, -0.25) is 19.9 Å². The topological polar surface area (TPSA) is 132 Å². The summed E-state index contributed by atoms with van der Waals surface area (Å²) in [4.78, 5) is 40.3. The zero-order valence-electron chi connectivity index (χ0n) is 24.2. The summed E-state index contributed by atoms with van der Waals surface area (Å²) in [6.07, 6.45) is 2.31. The second-order valence-electron chi connectivity index (χ2n) is 10.7. The van der Waals surface area contributed by atoms with Gasteiger partial charge in [0, 0.05) is 30.9 Å². The molecule has 3 aromatic rings. The number of rotatable bonds is 11. The molecule has 1 aliphatic rings. The fourth-order valence-corrected chi connectivity index (χ4v) is 5.43. The van der Waals surface area contributed by atoms with Crippen molar-refractivity contribution in [3.63, 3.8) is 0 Å². The van der Waals surface area contributed by atoms with E-state index in [0.29, 0.717) is 25.3 Å². The Kier molecular flexibility index (Phi) is 8.78. The summed E-state index contributed by atoms with van der Waals surface area (Å²) in [5.74, 6) is 0.601. The molecular formula is C30H41N7O3. The van der Waals surface area contributed by atoms with E-state index in [1.807, 2.05) is 62.0 Å². The van der Waals surface area contributed by atoms with E-state index in [9.17, 15) is 9.59 Å². The number of hydrogen-bond acceptors (Lipinski definition) is 7. The average Bonchev–Trinajstić information content (AvgIpc) is 3.61. The van der Waals surface area contributed by atoms with Crippen LogP contribution in [0.5, 0.6) is 0 Å². The molecule has 1 atom stereocenters. The van der Waals surface area contributed by atoms with Crippen LogP contribution in [0.15, 0.2) is 36.4 Å². The Labute approximate surface area is 236 Å². The van der Waals surface area contributed by atoms with Crippen LogP contribution in [-0.4, -0.2) is 77.8 Å². The monoisotopic (exact) mass is 547 g/mol. The molecule has 1 saturated heterocycles. The normalized spacial score (nSPS) is 14.9. The molecule has 4 N–H and O–H groups in total. The van der Waals surface area contributed by atoms with Crippen molar-refractivity contribution in [2.24, 2.45) is 5.73 Å². The number of carbonyl (C=O) groups is 2. The number of esters is 1. The van der Waals surface area contributed by atoms with E-state index in [2.05, 4.69) is 9.88 Å². The lowest BCUT2D eigenvalue weighted by molar-refractivity contribution is -0.143. The van der Waals surface area contributed by atoms with Gasteiger partial charge in [0.25, 0.3) is 0 Å². The molecule has 0 spiro atoms. The lowest BCUT2D eigenvalue weighted by Crippen LogP contribution is -2.52. The zero-order valence-corrected chi connectivity index (χ0v) is 24.2. The van der Waals surface area contributed by atoms with Crippen LogP contribution >= 0.6 is 0 Å². The number of H-pyrrole nitrogens is 1. The smallest absolute Gasteiger partial charge is 0.307 e. The third-order valence-corrected chi connectivity index (χ3v) is 7.96. The summed E-state index contributed by atoms with van der Waals surface area (Å²) in [7, 11) is 3.90. The minimum atomic E-state index is -0.814. The number of anilines is 1. The molecule has 0 saturated carbocycles. The summed E-state index contributed by atoms with van der Waals surface area (Å²) >= 11 is 0. The number of aromatic amines is 1. The van der Waals surface area contributed by atoms with Crippen LogP contribution in [0, 0.1) is 12.3 Å². The predicted octanol–water partition coefficient (Wildman–Crippen LogP) is 3.51. The molecular weight excluding hydrogens is 506 g/mol. The Morgan fingerprint density at radius 2 is 1.82 bits per heavy atom. The maximum atomic E-state index is 13.7. The van der Waals surface area contributed by atoms with Crippen LogP contribution in [0.4, 0.5) is 5.69 Å². The Morgan fingerprint density at radius 3 is 2.42 bits per heavy atom. The van der Waals surface area contributed by atoms with Crippen molar-refractivity contribution in [2.75, 3.05) is 45.2 Å². The van der Waals surface area contributed by atoms with E-state index in [4.69, 9.17) is 20.9 Å². The van der Waals surface area contributed by atoms with Crippen LogP contribution in [0.2, 0.25) is 0 Å².